The second-order valence-electron chi connectivity index (χ2n) is 9.29. The summed E-state index contributed by atoms with van der Waals surface area (Å²) in [6, 6.07) is 3.94. The van der Waals surface area contributed by atoms with E-state index in [0.29, 0.717) is 17.1 Å². The fourth-order valence-corrected chi connectivity index (χ4v) is 4.83. The summed E-state index contributed by atoms with van der Waals surface area (Å²) in [6.07, 6.45) is 6.64. The predicted molar refractivity (Wildman–Crippen MR) is 132 cm³/mol. The molecule has 6 heteroatoms. The summed E-state index contributed by atoms with van der Waals surface area (Å²) in [5, 5.41) is 4.77. The smallest absolute Gasteiger partial charge is 0.275 e. The average Bonchev–Trinajstić information content (AvgIpc) is 3.39. The lowest BCUT2D eigenvalue weighted by Crippen LogP contribution is -2.45. The van der Waals surface area contributed by atoms with Crippen LogP contribution in [0.15, 0.2) is 36.9 Å². The van der Waals surface area contributed by atoms with E-state index in [1.165, 1.54) is 0 Å². The van der Waals surface area contributed by atoms with Crippen molar-refractivity contribution in [1.29, 1.82) is 0 Å². The molecule has 4 rings (SSSR count). The van der Waals surface area contributed by atoms with Gasteiger partial charge in [0.15, 0.2) is 5.69 Å². The third-order valence-electron chi connectivity index (χ3n) is 6.85. The quantitative estimate of drug-likeness (QED) is 0.515. The first-order chi connectivity index (χ1) is 15.7. The number of methoxy groups -OCH3 is 1. The van der Waals surface area contributed by atoms with E-state index in [0.717, 1.165) is 59.5 Å². The lowest BCUT2D eigenvalue weighted by molar-refractivity contribution is 0.0608. The van der Waals surface area contributed by atoms with Crippen LogP contribution in [0.2, 0.25) is 0 Å². The molecule has 33 heavy (non-hydrogen) atoms. The molecule has 2 aromatic rings. The Morgan fingerprint density at radius 2 is 2.12 bits per heavy atom. The second-order valence-corrected chi connectivity index (χ2v) is 9.29. The van der Waals surface area contributed by atoms with Gasteiger partial charge in [0.05, 0.1) is 18.5 Å². The topological polar surface area (TPSA) is 56.6 Å². The summed E-state index contributed by atoms with van der Waals surface area (Å²) in [5.41, 5.74) is 5.45. The van der Waals surface area contributed by atoms with Crippen LogP contribution in [0.5, 0.6) is 11.5 Å². The normalized spacial score (nSPS) is 18.8. The Hall–Kier alpha value is -3.28. The van der Waals surface area contributed by atoms with E-state index in [9.17, 15) is 4.79 Å². The van der Waals surface area contributed by atoms with Crippen LogP contribution in [0.1, 0.15) is 68.6 Å². The number of amides is 1. The van der Waals surface area contributed by atoms with Crippen molar-refractivity contribution >= 4 is 17.7 Å². The van der Waals surface area contributed by atoms with Gasteiger partial charge < -0.3 is 14.4 Å². The summed E-state index contributed by atoms with van der Waals surface area (Å²) in [4.78, 5) is 15.7. The number of hydrogen-bond donors (Lipinski definition) is 0. The molecule has 2 aliphatic heterocycles. The minimum atomic E-state index is -0.152. The van der Waals surface area contributed by atoms with E-state index < -0.39 is 0 Å². The molecule has 1 amide bonds. The fourth-order valence-electron chi connectivity index (χ4n) is 4.83. The molecule has 1 atom stereocenters. The van der Waals surface area contributed by atoms with Crippen LogP contribution in [-0.2, 0) is 6.61 Å². The molecule has 0 bridgehead atoms. The minimum Gasteiger partial charge on any atom is -0.496 e. The lowest BCUT2D eigenvalue weighted by atomic mass is 9.94. The number of likely N-dealkylation sites (tertiary alicyclic amines) is 1. The first-order valence-electron chi connectivity index (χ1n) is 11.5. The molecule has 3 heterocycles. The predicted octanol–water partition coefficient (Wildman–Crippen LogP) is 5.94. The van der Waals surface area contributed by atoms with Crippen molar-refractivity contribution in [3.8, 4) is 22.8 Å². The van der Waals surface area contributed by atoms with Gasteiger partial charge in [0, 0.05) is 34.8 Å². The molecule has 1 fully saturated rings. The number of ether oxygens (including phenoxy) is 2. The van der Waals surface area contributed by atoms with E-state index in [-0.39, 0.29) is 18.1 Å². The van der Waals surface area contributed by atoms with Crippen LogP contribution in [0.3, 0.4) is 0 Å². The van der Waals surface area contributed by atoms with Crippen molar-refractivity contribution in [2.75, 3.05) is 13.7 Å². The van der Waals surface area contributed by atoms with Gasteiger partial charge in [-0.1, -0.05) is 31.7 Å². The maximum atomic E-state index is 13.8. The van der Waals surface area contributed by atoms with Crippen LogP contribution >= 0.6 is 0 Å². The van der Waals surface area contributed by atoms with Gasteiger partial charge in [-0.25, -0.2) is 4.68 Å². The number of rotatable bonds is 6. The summed E-state index contributed by atoms with van der Waals surface area (Å²) in [7, 11) is 1.65. The molecule has 2 aliphatic rings. The number of allylic oxidation sites excluding steroid dienone is 3. The molecule has 174 valence electrons. The van der Waals surface area contributed by atoms with Gasteiger partial charge in [0.2, 0.25) is 0 Å². The molecule has 1 aromatic heterocycles. The van der Waals surface area contributed by atoms with Gasteiger partial charge in [-0.05, 0) is 52.2 Å². The highest BCUT2D eigenvalue weighted by Gasteiger charge is 2.41. The minimum absolute atomic E-state index is 0.0474. The highest BCUT2D eigenvalue weighted by atomic mass is 16.5. The third kappa shape index (κ3) is 3.77. The second kappa shape index (κ2) is 8.58. The first kappa shape index (κ1) is 22.9. The Morgan fingerprint density at radius 1 is 1.36 bits per heavy atom. The molecule has 1 saturated heterocycles. The van der Waals surface area contributed by atoms with Gasteiger partial charge in [0.1, 0.15) is 18.1 Å². The Morgan fingerprint density at radius 3 is 2.76 bits per heavy atom. The van der Waals surface area contributed by atoms with Crippen LogP contribution in [0, 0.1) is 0 Å². The van der Waals surface area contributed by atoms with Gasteiger partial charge in [-0.2, -0.15) is 5.10 Å². The number of hydrogen-bond acceptors (Lipinski definition) is 4. The number of nitrogens with zero attached hydrogens (tertiary/aromatic N) is 3. The van der Waals surface area contributed by atoms with Gasteiger partial charge in [-0.3, -0.25) is 4.79 Å². The zero-order chi connectivity index (χ0) is 23.9. The van der Waals surface area contributed by atoms with E-state index in [4.69, 9.17) is 14.6 Å². The van der Waals surface area contributed by atoms with E-state index in [1.807, 2.05) is 30.9 Å². The number of carbonyl (C=O) groups excluding carboxylic acids is 1. The summed E-state index contributed by atoms with van der Waals surface area (Å²) in [6.45, 7) is 17.4. The Labute approximate surface area is 196 Å². The maximum Gasteiger partial charge on any atom is 0.275 e. The highest BCUT2D eigenvalue weighted by Crippen LogP contribution is 2.44. The SMILES string of the molecule is C=CC(=C)n1nc(C(=O)N2CCCC2(C)CC)c2c1-c1cc(C=C(C)C)c(OC)cc1OC2. The van der Waals surface area contributed by atoms with Crippen molar-refractivity contribution < 1.29 is 14.3 Å². The van der Waals surface area contributed by atoms with Crippen molar-refractivity contribution in [3.05, 3.63) is 53.8 Å². The molecular formula is C27H33N3O3. The Kier molecular flexibility index (Phi) is 5.95. The van der Waals surface area contributed by atoms with Crippen LogP contribution in [0.4, 0.5) is 0 Å². The van der Waals surface area contributed by atoms with Crippen molar-refractivity contribution in [2.45, 2.75) is 59.1 Å². The van der Waals surface area contributed by atoms with Crippen LogP contribution in [-0.4, -0.2) is 39.8 Å². The molecule has 1 aromatic carbocycles. The van der Waals surface area contributed by atoms with Gasteiger partial charge in [-0.15, -0.1) is 0 Å². The van der Waals surface area contributed by atoms with E-state index >= 15 is 0 Å². The maximum absolute atomic E-state index is 13.8. The van der Waals surface area contributed by atoms with Gasteiger partial charge >= 0.3 is 0 Å². The molecule has 0 saturated carbocycles. The Balaban J connectivity index is 1.92. The standard InChI is InChI=1S/C27H33N3O3/c1-8-18(5)30-25-20-14-19(13-17(3)4)22(32-7)15-23(20)33-16-21(25)24(28-30)26(31)29-12-10-11-27(29,6)9-2/h8,13-15H,1,5,9-12,16H2,2-4,6-7H3. The summed E-state index contributed by atoms with van der Waals surface area (Å²) in [5.74, 6) is 1.38. The number of fused-ring (bicyclic) bond motifs is 3. The molecule has 0 aliphatic carbocycles. The van der Waals surface area contributed by atoms with E-state index in [2.05, 4.69) is 33.1 Å². The first-order valence-corrected chi connectivity index (χ1v) is 11.5. The average molecular weight is 448 g/mol. The highest BCUT2D eigenvalue weighted by molar-refractivity contribution is 5.97. The monoisotopic (exact) mass is 447 g/mol. The zero-order valence-electron chi connectivity index (χ0n) is 20.3. The number of aromatic nitrogens is 2. The summed E-state index contributed by atoms with van der Waals surface area (Å²) >= 11 is 0. The molecule has 0 radical (unpaired) electrons. The molecule has 0 N–H and O–H groups in total. The largest absolute Gasteiger partial charge is 0.496 e. The summed E-state index contributed by atoms with van der Waals surface area (Å²) < 4.78 is 13.5. The molecule has 6 nitrogen and oxygen atoms in total. The van der Waals surface area contributed by atoms with Crippen molar-refractivity contribution in [3.63, 3.8) is 0 Å². The van der Waals surface area contributed by atoms with Crippen LogP contribution < -0.4 is 9.47 Å². The molecule has 0 spiro atoms. The zero-order valence-corrected chi connectivity index (χ0v) is 20.3. The Bertz CT molecular complexity index is 1170. The van der Waals surface area contributed by atoms with Crippen molar-refractivity contribution in [1.82, 2.24) is 14.7 Å². The van der Waals surface area contributed by atoms with Crippen molar-refractivity contribution in [2.24, 2.45) is 0 Å². The third-order valence-corrected chi connectivity index (χ3v) is 6.85. The lowest BCUT2D eigenvalue weighted by Gasteiger charge is -2.34. The number of benzene rings is 1. The van der Waals surface area contributed by atoms with E-state index in [1.54, 1.807) is 17.9 Å². The van der Waals surface area contributed by atoms with Crippen LogP contribution in [0.25, 0.3) is 23.0 Å². The fraction of sp³-hybridized carbons (Fsp3) is 0.407. The van der Waals surface area contributed by atoms with Gasteiger partial charge in [0.25, 0.3) is 5.91 Å². The number of carbonyl (C=O) groups is 1. The molecule has 1 unspecified atom stereocenters. The molecular weight excluding hydrogens is 414 g/mol.